The first kappa shape index (κ1) is 16.4. The van der Waals surface area contributed by atoms with Crippen molar-refractivity contribution in [1.82, 2.24) is 0 Å². The van der Waals surface area contributed by atoms with Gasteiger partial charge in [-0.25, -0.2) is 0 Å². The van der Waals surface area contributed by atoms with Crippen LogP contribution in [0.4, 0.5) is 0 Å². The van der Waals surface area contributed by atoms with Crippen LogP contribution in [0, 0.1) is 5.92 Å². The predicted molar refractivity (Wildman–Crippen MR) is 80.9 cm³/mol. The highest BCUT2D eigenvalue weighted by Gasteiger charge is 2.26. The minimum atomic E-state index is -0.971. The Labute approximate surface area is 105 Å². The van der Waals surface area contributed by atoms with Crippen molar-refractivity contribution in [3.63, 3.8) is 0 Å². The lowest BCUT2D eigenvalue weighted by Crippen LogP contribution is -2.32. The van der Waals surface area contributed by atoms with E-state index in [2.05, 4.69) is 46.6 Å². The summed E-state index contributed by atoms with van der Waals surface area (Å²) < 4.78 is 5.52. The molecule has 0 bridgehead atoms. The summed E-state index contributed by atoms with van der Waals surface area (Å²) in [4.78, 5) is 0. The lowest BCUT2D eigenvalue weighted by Gasteiger charge is -2.29. The first-order valence-electron chi connectivity index (χ1n) is 6.74. The zero-order valence-corrected chi connectivity index (χ0v) is 14.5. The predicted octanol–water partition coefficient (Wildman–Crippen LogP) is 4.71. The van der Waals surface area contributed by atoms with Gasteiger partial charge < -0.3 is 4.74 Å². The van der Waals surface area contributed by atoms with Crippen molar-refractivity contribution in [3.8, 4) is 0 Å². The van der Waals surface area contributed by atoms with E-state index < -0.39 is 16.1 Å². The maximum atomic E-state index is 5.52. The molecule has 0 aliphatic rings. The van der Waals surface area contributed by atoms with Gasteiger partial charge >= 0.3 is 0 Å². The standard InChI is InChI=1S/C13H32OSi2/c1-8-14-11-13(2)12-16(6,7)10-9-15(3,4)5/h13H,8-12H2,1-7H3. The average molecular weight is 261 g/mol. The highest BCUT2D eigenvalue weighted by Crippen LogP contribution is 2.26. The van der Waals surface area contributed by atoms with Gasteiger partial charge in [0.25, 0.3) is 0 Å². The molecule has 0 aromatic carbocycles. The monoisotopic (exact) mass is 260 g/mol. The van der Waals surface area contributed by atoms with Crippen molar-refractivity contribution in [2.24, 2.45) is 5.92 Å². The van der Waals surface area contributed by atoms with Crippen LogP contribution in [-0.2, 0) is 4.74 Å². The van der Waals surface area contributed by atoms with E-state index >= 15 is 0 Å². The molecule has 0 heterocycles. The molecule has 1 atom stereocenters. The Hall–Kier alpha value is 0.394. The van der Waals surface area contributed by atoms with Crippen molar-refractivity contribution in [1.29, 1.82) is 0 Å². The lowest BCUT2D eigenvalue weighted by atomic mass is 10.2. The fraction of sp³-hybridized carbons (Fsp3) is 1.00. The van der Waals surface area contributed by atoms with Gasteiger partial charge in [-0.05, 0) is 12.8 Å². The summed E-state index contributed by atoms with van der Waals surface area (Å²) in [6, 6.07) is 4.45. The van der Waals surface area contributed by atoms with E-state index in [-0.39, 0.29) is 0 Å². The molecule has 0 saturated carbocycles. The van der Waals surface area contributed by atoms with E-state index in [0.29, 0.717) is 0 Å². The maximum Gasteiger partial charge on any atom is 0.0488 e. The van der Waals surface area contributed by atoms with E-state index in [9.17, 15) is 0 Å². The molecule has 1 unspecified atom stereocenters. The Morgan fingerprint density at radius 3 is 2.00 bits per heavy atom. The van der Waals surface area contributed by atoms with Crippen LogP contribution in [-0.4, -0.2) is 29.4 Å². The summed E-state index contributed by atoms with van der Waals surface area (Å²) in [5.41, 5.74) is 0. The van der Waals surface area contributed by atoms with Crippen LogP contribution in [0.5, 0.6) is 0 Å². The molecule has 0 saturated heterocycles. The second kappa shape index (κ2) is 6.97. The summed E-state index contributed by atoms with van der Waals surface area (Å²) in [7, 11) is -1.81. The maximum absolute atomic E-state index is 5.52. The first-order valence-corrected chi connectivity index (χ1v) is 13.9. The van der Waals surface area contributed by atoms with Crippen LogP contribution in [0.3, 0.4) is 0 Å². The Kier molecular flexibility index (Phi) is 7.14. The minimum absolute atomic E-state index is 0.753. The number of hydrogen-bond donors (Lipinski definition) is 0. The normalized spacial score (nSPS) is 15.2. The van der Waals surface area contributed by atoms with E-state index in [1.807, 2.05) is 0 Å². The highest BCUT2D eigenvalue weighted by atomic mass is 28.3. The topological polar surface area (TPSA) is 9.23 Å². The fourth-order valence-corrected chi connectivity index (χ4v) is 10.1. The molecule has 0 rings (SSSR count). The summed E-state index contributed by atoms with van der Waals surface area (Å²) in [5.74, 6) is 0.753. The van der Waals surface area contributed by atoms with Crippen LogP contribution in [0.1, 0.15) is 13.8 Å². The third-order valence-electron chi connectivity index (χ3n) is 3.06. The molecule has 0 fully saturated rings. The Morgan fingerprint density at radius 2 is 1.56 bits per heavy atom. The summed E-state index contributed by atoms with van der Waals surface area (Å²) in [6.45, 7) is 18.8. The Balaban J connectivity index is 3.93. The molecule has 0 spiro atoms. The molecule has 0 N–H and O–H groups in total. The summed E-state index contributed by atoms with van der Waals surface area (Å²) in [5, 5.41) is 0. The van der Waals surface area contributed by atoms with Crippen LogP contribution in [0.2, 0.25) is 50.9 Å². The van der Waals surface area contributed by atoms with Gasteiger partial charge in [0.1, 0.15) is 0 Å². The molecule has 0 aliphatic heterocycles. The van der Waals surface area contributed by atoms with E-state index in [1.54, 1.807) is 0 Å². The van der Waals surface area contributed by atoms with Gasteiger partial charge in [0, 0.05) is 29.4 Å². The van der Waals surface area contributed by atoms with Crippen LogP contribution >= 0.6 is 0 Å². The van der Waals surface area contributed by atoms with Gasteiger partial charge in [-0.3, -0.25) is 0 Å². The lowest BCUT2D eigenvalue weighted by molar-refractivity contribution is 0.121. The molecule has 0 aromatic rings. The number of hydrogen-bond acceptors (Lipinski definition) is 1. The largest absolute Gasteiger partial charge is 0.381 e. The van der Waals surface area contributed by atoms with Gasteiger partial charge in [0.05, 0.1) is 0 Å². The second-order valence-electron chi connectivity index (χ2n) is 7.19. The molecule has 0 amide bonds. The van der Waals surface area contributed by atoms with Gasteiger partial charge in [0.15, 0.2) is 0 Å². The van der Waals surface area contributed by atoms with E-state index in [4.69, 9.17) is 4.74 Å². The van der Waals surface area contributed by atoms with Crippen molar-refractivity contribution >= 4 is 16.1 Å². The molecule has 0 aromatic heterocycles. The zero-order chi connectivity index (χ0) is 12.8. The van der Waals surface area contributed by atoms with Crippen LogP contribution < -0.4 is 0 Å². The SMILES string of the molecule is CCOCC(C)C[Si](C)(C)CC[Si](C)(C)C. The molecule has 16 heavy (non-hydrogen) atoms. The molecule has 0 radical (unpaired) electrons. The number of rotatable bonds is 8. The van der Waals surface area contributed by atoms with Crippen LogP contribution in [0.15, 0.2) is 0 Å². The zero-order valence-electron chi connectivity index (χ0n) is 12.5. The Bertz CT molecular complexity index is 185. The number of ether oxygens (including phenoxy) is 1. The van der Waals surface area contributed by atoms with Crippen LogP contribution in [0.25, 0.3) is 0 Å². The second-order valence-corrected chi connectivity index (χ2v) is 18.1. The smallest absolute Gasteiger partial charge is 0.0488 e. The summed E-state index contributed by atoms with van der Waals surface area (Å²) >= 11 is 0. The van der Waals surface area contributed by atoms with Crippen molar-refractivity contribution in [3.05, 3.63) is 0 Å². The van der Waals surface area contributed by atoms with Gasteiger partial charge in [-0.15, -0.1) is 0 Å². The minimum Gasteiger partial charge on any atom is -0.381 e. The van der Waals surface area contributed by atoms with E-state index in [0.717, 1.165) is 19.1 Å². The molecular weight excluding hydrogens is 228 g/mol. The highest BCUT2D eigenvalue weighted by molar-refractivity contribution is 6.82. The molecule has 1 nitrogen and oxygen atoms in total. The third-order valence-corrected chi connectivity index (χ3v) is 8.71. The van der Waals surface area contributed by atoms with Gasteiger partial charge in [0.2, 0.25) is 0 Å². The quantitative estimate of drug-likeness (QED) is 0.575. The molecule has 0 aliphatic carbocycles. The van der Waals surface area contributed by atoms with E-state index in [1.165, 1.54) is 18.1 Å². The average Bonchev–Trinajstić information content (AvgIpc) is 2.10. The van der Waals surface area contributed by atoms with Crippen molar-refractivity contribution in [2.45, 2.75) is 64.7 Å². The molecule has 98 valence electrons. The first-order chi connectivity index (χ1) is 7.16. The fourth-order valence-electron chi connectivity index (χ4n) is 2.14. The van der Waals surface area contributed by atoms with Crippen molar-refractivity contribution < 1.29 is 4.74 Å². The Morgan fingerprint density at radius 1 is 1.00 bits per heavy atom. The summed E-state index contributed by atoms with van der Waals surface area (Å²) in [6.07, 6.45) is 0. The third kappa shape index (κ3) is 9.61. The van der Waals surface area contributed by atoms with Crippen molar-refractivity contribution in [2.75, 3.05) is 13.2 Å². The molecule has 3 heteroatoms. The van der Waals surface area contributed by atoms with Gasteiger partial charge in [-0.1, -0.05) is 57.8 Å². The molecular formula is C13H32OSi2. The van der Waals surface area contributed by atoms with Gasteiger partial charge in [-0.2, -0.15) is 0 Å².